The molecule has 7 heteroatoms. The molecule has 0 radical (unpaired) electrons. The highest BCUT2D eigenvalue weighted by Gasteiger charge is 2.36. The molecule has 1 aliphatic heterocycles. The number of hydrogen-bond donors (Lipinski definition) is 2. The number of aliphatic hydroxyl groups is 2. The normalized spacial score (nSPS) is 20.4. The SMILES string of the molecule is CC1=CC(CC(C)(O)C(O)COc2ccc3ccc(=O)oc3c2)OC1=O. The Morgan fingerprint density at radius 2 is 2.00 bits per heavy atom. The van der Waals surface area contributed by atoms with Gasteiger partial charge in [0.25, 0.3) is 0 Å². The zero-order chi connectivity index (χ0) is 18.9. The molecule has 1 aromatic heterocycles. The van der Waals surface area contributed by atoms with Crippen molar-refractivity contribution in [3.63, 3.8) is 0 Å². The van der Waals surface area contributed by atoms with E-state index in [9.17, 15) is 19.8 Å². The van der Waals surface area contributed by atoms with Gasteiger partial charge in [0.2, 0.25) is 0 Å². The van der Waals surface area contributed by atoms with Crippen molar-refractivity contribution in [2.75, 3.05) is 6.61 Å². The Morgan fingerprint density at radius 1 is 1.27 bits per heavy atom. The summed E-state index contributed by atoms with van der Waals surface area (Å²) in [6, 6.07) is 7.92. The third-order valence-corrected chi connectivity index (χ3v) is 4.35. The first kappa shape index (κ1) is 18.2. The molecule has 0 aliphatic carbocycles. The fourth-order valence-corrected chi connectivity index (χ4v) is 2.74. The monoisotopic (exact) mass is 360 g/mol. The van der Waals surface area contributed by atoms with E-state index in [4.69, 9.17) is 13.9 Å². The lowest BCUT2D eigenvalue weighted by Crippen LogP contribution is -2.45. The first-order chi connectivity index (χ1) is 12.2. The second-order valence-corrected chi connectivity index (χ2v) is 6.64. The summed E-state index contributed by atoms with van der Waals surface area (Å²) in [7, 11) is 0. The third-order valence-electron chi connectivity index (χ3n) is 4.35. The Morgan fingerprint density at radius 3 is 2.69 bits per heavy atom. The molecule has 0 spiro atoms. The van der Waals surface area contributed by atoms with E-state index in [2.05, 4.69) is 0 Å². The molecular formula is C19H20O7. The van der Waals surface area contributed by atoms with Gasteiger partial charge in [-0.1, -0.05) is 0 Å². The molecule has 3 rings (SSSR count). The number of fused-ring (bicyclic) bond motifs is 1. The van der Waals surface area contributed by atoms with Crippen LogP contribution in [0.5, 0.6) is 5.75 Å². The highest BCUT2D eigenvalue weighted by Crippen LogP contribution is 2.26. The maximum absolute atomic E-state index is 11.4. The van der Waals surface area contributed by atoms with E-state index in [-0.39, 0.29) is 13.0 Å². The van der Waals surface area contributed by atoms with Crippen molar-refractivity contribution in [2.45, 2.75) is 38.1 Å². The molecule has 0 amide bonds. The molecule has 3 atom stereocenters. The van der Waals surface area contributed by atoms with Crippen molar-refractivity contribution in [2.24, 2.45) is 0 Å². The summed E-state index contributed by atoms with van der Waals surface area (Å²) < 4.78 is 15.7. The molecule has 2 heterocycles. The van der Waals surface area contributed by atoms with Gasteiger partial charge >= 0.3 is 11.6 Å². The minimum absolute atomic E-state index is 0.0488. The van der Waals surface area contributed by atoms with Crippen molar-refractivity contribution >= 4 is 16.9 Å². The van der Waals surface area contributed by atoms with Crippen LogP contribution < -0.4 is 10.4 Å². The summed E-state index contributed by atoms with van der Waals surface area (Å²) in [6.07, 6.45) is -0.126. The largest absolute Gasteiger partial charge is 0.491 e. The van der Waals surface area contributed by atoms with Crippen LogP contribution >= 0.6 is 0 Å². The zero-order valence-electron chi connectivity index (χ0n) is 14.5. The van der Waals surface area contributed by atoms with Gasteiger partial charge in [-0.2, -0.15) is 0 Å². The summed E-state index contributed by atoms with van der Waals surface area (Å²) in [5.41, 5.74) is -1.13. The Labute approximate surface area is 149 Å². The third kappa shape index (κ3) is 3.95. The fraction of sp³-hybridized carbons (Fsp3) is 0.368. The minimum atomic E-state index is -1.52. The maximum Gasteiger partial charge on any atom is 0.336 e. The predicted octanol–water partition coefficient (Wildman–Crippen LogP) is 1.55. The molecule has 0 saturated heterocycles. The molecule has 0 saturated carbocycles. The Hall–Kier alpha value is -2.64. The fourth-order valence-electron chi connectivity index (χ4n) is 2.74. The Kier molecular flexibility index (Phi) is 4.84. The first-order valence-electron chi connectivity index (χ1n) is 8.21. The molecule has 2 aromatic rings. The lowest BCUT2D eigenvalue weighted by atomic mass is 9.92. The van der Waals surface area contributed by atoms with Gasteiger partial charge in [0.05, 0.1) is 5.60 Å². The molecular weight excluding hydrogens is 340 g/mol. The quantitative estimate of drug-likeness (QED) is 0.594. The van der Waals surface area contributed by atoms with Gasteiger partial charge in [-0.3, -0.25) is 0 Å². The summed E-state index contributed by atoms with van der Waals surface area (Å²) >= 11 is 0. The van der Waals surface area contributed by atoms with Crippen LogP contribution in [-0.4, -0.2) is 40.6 Å². The Bertz CT molecular complexity index is 909. The van der Waals surface area contributed by atoms with E-state index < -0.39 is 29.4 Å². The number of ether oxygens (including phenoxy) is 2. The van der Waals surface area contributed by atoms with Gasteiger partial charge in [-0.15, -0.1) is 0 Å². The van der Waals surface area contributed by atoms with E-state index in [1.54, 1.807) is 37.3 Å². The molecule has 26 heavy (non-hydrogen) atoms. The second kappa shape index (κ2) is 6.93. The number of carbonyl (C=O) groups excluding carboxylic acids is 1. The molecule has 0 bridgehead atoms. The van der Waals surface area contributed by atoms with E-state index in [1.165, 1.54) is 13.0 Å². The smallest absolute Gasteiger partial charge is 0.336 e. The molecule has 2 N–H and O–H groups in total. The Balaban J connectivity index is 1.63. The predicted molar refractivity (Wildman–Crippen MR) is 92.9 cm³/mol. The van der Waals surface area contributed by atoms with E-state index in [0.717, 1.165) is 5.39 Å². The number of aliphatic hydroxyl groups excluding tert-OH is 1. The van der Waals surface area contributed by atoms with Crippen molar-refractivity contribution < 1.29 is 28.9 Å². The van der Waals surface area contributed by atoms with Gasteiger partial charge in [-0.25, -0.2) is 9.59 Å². The standard InChI is InChI=1S/C19H20O7/c1-11-7-14(25-18(11)22)9-19(2,23)16(20)10-24-13-5-3-12-4-6-17(21)26-15(12)8-13/h3-8,14,16,20,23H,9-10H2,1-2H3. The number of cyclic esters (lactones) is 1. The topological polar surface area (TPSA) is 106 Å². The summed E-state index contributed by atoms with van der Waals surface area (Å²) in [5, 5.41) is 21.5. The molecule has 1 aliphatic rings. The van der Waals surface area contributed by atoms with Crippen molar-refractivity contribution in [3.05, 3.63) is 52.4 Å². The van der Waals surface area contributed by atoms with Gasteiger partial charge in [-0.05, 0) is 38.1 Å². The van der Waals surface area contributed by atoms with Crippen LogP contribution in [0.1, 0.15) is 20.3 Å². The van der Waals surface area contributed by atoms with Crippen LogP contribution in [0, 0.1) is 0 Å². The lowest BCUT2D eigenvalue weighted by Gasteiger charge is -2.30. The van der Waals surface area contributed by atoms with E-state index in [1.807, 2.05) is 0 Å². The van der Waals surface area contributed by atoms with Crippen LogP contribution in [0.2, 0.25) is 0 Å². The van der Waals surface area contributed by atoms with Crippen molar-refractivity contribution in [1.29, 1.82) is 0 Å². The lowest BCUT2D eigenvalue weighted by molar-refractivity contribution is -0.144. The van der Waals surface area contributed by atoms with E-state index in [0.29, 0.717) is 16.9 Å². The minimum Gasteiger partial charge on any atom is -0.491 e. The van der Waals surface area contributed by atoms with Gasteiger partial charge in [0, 0.05) is 29.5 Å². The van der Waals surface area contributed by atoms with E-state index >= 15 is 0 Å². The van der Waals surface area contributed by atoms with Crippen LogP contribution in [0.15, 0.2) is 51.2 Å². The van der Waals surface area contributed by atoms with Crippen LogP contribution in [0.4, 0.5) is 0 Å². The van der Waals surface area contributed by atoms with Crippen molar-refractivity contribution in [1.82, 2.24) is 0 Å². The number of hydrogen-bond acceptors (Lipinski definition) is 7. The van der Waals surface area contributed by atoms with Gasteiger partial charge in [0.15, 0.2) is 0 Å². The average molecular weight is 360 g/mol. The number of benzene rings is 1. The summed E-state index contributed by atoms with van der Waals surface area (Å²) in [6.45, 7) is 2.91. The van der Waals surface area contributed by atoms with Crippen molar-refractivity contribution in [3.8, 4) is 5.75 Å². The zero-order valence-corrected chi connectivity index (χ0v) is 14.5. The maximum atomic E-state index is 11.4. The molecule has 1 aromatic carbocycles. The summed E-state index contributed by atoms with van der Waals surface area (Å²) in [4.78, 5) is 22.7. The number of carbonyl (C=O) groups is 1. The molecule has 0 fully saturated rings. The van der Waals surface area contributed by atoms with Gasteiger partial charge < -0.3 is 24.1 Å². The van der Waals surface area contributed by atoms with Crippen LogP contribution in [0.25, 0.3) is 11.0 Å². The molecule has 138 valence electrons. The molecule has 3 unspecified atom stereocenters. The van der Waals surface area contributed by atoms with Crippen LogP contribution in [-0.2, 0) is 9.53 Å². The number of rotatable bonds is 6. The first-order valence-corrected chi connectivity index (χ1v) is 8.21. The summed E-state index contributed by atoms with van der Waals surface area (Å²) in [5.74, 6) is -0.0288. The number of esters is 1. The average Bonchev–Trinajstić information content (AvgIpc) is 2.88. The van der Waals surface area contributed by atoms with Gasteiger partial charge in [0.1, 0.15) is 30.1 Å². The van der Waals surface area contributed by atoms with Crippen LogP contribution in [0.3, 0.4) is 0 Å². The highest BCUT2D eigenvalue weighted by atomic mass is 16.5. The second-order valence-electron chi connectivity index (χ2n) is 6.64. The molecule has 7 nitrogen and oxygen atoms in total. The highest BCUT2D eigenvalue weighted by molar-refractivity contribution is 5.90.